The van der Waals surface area contributed by atoms with Crippen molar-refractivity contribution in [2.24, 2.45) is 7.05 Å². The predicted octanol–water partition coefficient (Wildman–Crippen LogP) is 4.96. The first-order valence-electron chi connectivity index (χ1n) is 7.55. The molecule has 150 valence electrons. The van der Waals surface area contributed by atoms with Crippen molar-refractivity contribution in [3.63, 3.8) is 0 Å². The van der Waals surface area contributed by atoms with Gasteiger partial charge in [-0.1, -0.05) is 11.8 Å². The largest absolute Gasteiger partial charge is 0.478 e. The summed E-state index contributed by atoms with van der Waals surface area (Å²) in [5, 5.41) is 3.33. The van der Waals surface area contributed by atoms with Crippen LogP contribution in [0, 0.1) is 6.92 Å². The van der Waals surface area contributed by atoms with E-state index in [1.165, 1.54) is 19.2 Å². The van der Waals surface area contributed by atoms with Gasteiger partial charge >= 0.3 is 11.7 Å². The van der Waals surface area contributed by atoms with Crippen LogP contribution in [0.25, 0.3) is 0 Å². The van der Waals surface area contributed by atoms with Crippen molar-refractivity contribution in [2.75, 3.05) is 12.4 Å². The van der Waals surface area contributed by atoms with Gasteiger partial charge in [0.2, 0.25) is 17.6 Å². The monoisotopic (exact) mass is 415 g/mol. The van der Waals surface area contributed by atoms with E-state index in [2.05, 4.69) is 10.1 Å². The highest BCUT2D eigenvalue weighted by molar-refractivity contribution is 8.00. The number of aromatic nitrogens is 3. The number of pyridine rings is 1. The summed E-state index contributed by atoms with van der Waals surface area (Å²) in [6, 6.07) is 3.75. The van der Waals surface area contributed by atoms with E-state index in [1.54, 1.807) is 6.92 Å². The number of hydrogen-bond donors (Lipinski definition) is 0. The molecule has 0 saturated carbocycles. The van der Waals surface area contributed by atoms with E-state index in [9.17, 15) is 26.3 Å². The number of thioether (sulfide) groups is 1. The van der Waals surface area contributed by atoms with Gasteiger partial charge in [0.25, 0.3) is 0 Å². The average molecular weight is 415 g/mol. The summed E-state index contributed by atoms with van der Waals surface area (Å²) < 4.78 is 85.7. The van der Waals surface area contributed by atoms with Gasteiger partial charge in [-0.05, 0) is 18.9 Å². The van der Waals surface area contributed by atoms with E-state index in [4.69, 9.17) is 9.47 Å². The first-order valence-corrected chi connectivity index (χ1v) is 8.54. The van der Waals surface area contributed by atoms with Crippen molar-refractivity contribution >= 4 is 11.8 Å². The molecule has 0 aliphatic rings. The molecule has 0 fully saturated rings. The fraction of sp³-hybridized carbons (Fsp3) is 0.467. The van der Waals surface area contributed by atoms with Gasteiger partial charge in [0.05, 0.1) is 6.61 Å². The van der Waals surface area contributed by atoms with Crippen molar-refractivity contribution in [2.45, 2.75) is 25.0 Å². The first-order chi connectivity index (χ1) is 12.4. The van der Waals surface area contributed by atoms with Crippen LogP contribution in [0.4, 0.5) is 26.3 Å². The Hall–Kier alpha value is -2.11. The minimum absolute atomic E-state index is 0.00288. The number of alkyl halides is 6. The summed E-state index contributed by atoms with van der Waals surface area (Å²) in [6.07, 6.45) is -4.46. The molecule has 0 N–H and O–H groups in total. The minimum Gasteiger partial charge on any atom is -0.478 e. The molecule has 2 heterocycles. The van der Waals surface area contributed by atoms with Crippen LogP contribution < -0.4 is 9.47 Å². The number of ether oxygens (including phenoxy) is 2. The number of hydrogen-bond acceptors (Lipinski definition) is 5. The quantitative estimate of drug-likeness (QED) is 0.473. The highest BCUT2D eigenvalue weighted by Gasteiger charge is 2.35. The smallest absolute Gasteiger partial charge is 0.441 e. The van der Waals surface area contributed by atoms with Crippen LogP contribution in [0.2, 0.25) is 0 Å². The van der Waals surface area contributed by atoms with E-state index in [0.717, 1.165) is 10.7 Å². The number of halogens is 6. The topological polar surface area (TPSA) is 49.2 Å². The Labute approximate surface area is 154 Å². The molecule has 0 aliphatic heterocycles. The zero-order chi connectivity index (χ0) is 20.2. The van der Waals surface area contributed by atoms with Crippen LogP contribution in [0.1, 0.15) is 17.7 Å². The third-order valence-corrected chi connectivity index (χ3v) is 3.88. The second kappa shape index (κ2) is 8.28. The Morgan fingerprint density at radius 1 is 1.07 bits per heavy atom. The van der Waals surface area contributed by atoms with Gasteiger partial charge in [-0.15, -0.1) is 0 Å². The summed E-state index contributed by atoms with van der Waals surface area (Å²) in [5.41, 5.74) is -4.75. The summed E-state index contributed by atoms with van der Waals surface area (Å²) in [6.45, 7) is 1.69. The molecule has 0 amide bonds. The standard InChI is InChI=1S/C15H15F6N3O2S/c1-9-6-11(25-4-3-5-27-15(19,20)21)22-12(7-9)26-13-8-10(14(16,17)18)23-24(13)2/h6-8H,3-5H2,1-2H3. The van der Waals surface area contributed by atoms with Crippen molar-refractivity contribution in [3.8, 4) is 17.6 Å². The average Bonchev–Trinajstić information content (AvgIpc) is 2.86. The molecule has 0 unspecified atom stereocenters. The lowest BCUT2D eigenvalue weighted by atomic mass is 10.3. The van der Waals surface area contributed by atoms with E-state index in [-0.39, 0.29) is 48.2 Å². The summed E-state index contributed by atoms with van der Waals surface area (Å²) in [7, 11) is 1.29. The lowest BCUT2D eigenvalue weighted by Crippen LogP contribution is -2.06. The molecule has 0 atom stereocenters. The summed E-state index contributed by atoms with van der Waals surface area (Å²) in [4.78, 5) is 3.99. The molecule has 2 aromatic heterocycles. The molecule has 2 aromatic rings. The molecular weight excluding hydrogens is 400 g/mol. The molecule has 0 bridgehead atoms. The Bertz CT molecular complexity index is 776. The number of aryl methyl sites for hydroxylation is 2. The fourth-order valence-electron chi connectivity index (χ4n) is 1.95. The lowest BCUT2D eigenvalue weighted by molar-refractivity contribution is -0.141. The molecule has 12 heteroatoms. The molecule has 0 spiro atoms. The van der Waals surface area contributed by atoms with Crippen LogP contribution in [0.5, 0.6) is 17.6 Å². The second-order valence-corrected chi connectivity index (χ2v) is 6.57. The van der Waals surface area contributed by atoms with Gasteiger partial charge in [-0.2, -0.15) is 36.4 Å². The maximum atomic E-state index is 12.7. The van der Waals surface area contributed by atoms with Gasteiger partial charge in [0.1, 0.15) is 0 Å². The van der Waals surface area contributed by atoms with Crippen LogP contribution in [0.3, 0.4) is 0 Å². The van der Waals surface area contributed by atoms with Crippen LogP contribution in [-0.2, 0) is 13.2 Å². The molecule has 27 heavy (non-hydrogen) atoms. The zero-order valence-corrected chi connectivity index (χ0v) is 15.0. The SMILES string of the molecule is Cc1cc(OCCCSC(F)(F)F)nc(Oc2cc(C(F)(F)F)nn2C)c1. The van der Waals surface area contributed by atoms with Crippen molar-refractivity contribution in [3.05, 3.63) is 29.5 Å². The highest BCUT2D eigenvalue weighted by atomic mass is 32.2. The van der Waals surface area contributed by atoms with Gasteiger partial charge in [-0.25, -0.2) is 4.68 Å². The third-order valence-electron chi connectivity index (χ3n) is 3.06. The van der Waals surface area contributed by atoms with Crippen LogP contribution in [0.15, 0.2) is 18.2 Å². The fourth-order valence-corrected chi connectivity index (χ4v) is 2.44. The van der Waals surface area contributed by atoms with Crippen LogP contribution in [-0.4, -0.2) is 32.6 Å². The number of rotatable bonds is 7. The highest BCUT2D eigenvalue weighted by Crippen LogP contribution is 2.32. The first kappa shape index (κ1) is 21.2. The Kier molecular flexibility index (Phi) is 6.50. The predicted molar refractivity (Wildman–Crippen MR) is 85.9 cm³/mol. The van der Waals surface area contributed by atoms with E-state index in [1.807, 2.05) is 0 Å². The molecular formula is C15H15F6N3O2S. The normalized spacial score (nSPS) is 12.3. The third kappa shape index (κ3) is 6.85. The van der Waals surface area contributed by atoms with Crippen molar-refractivity contribution in [1.29, 1.82) is 0 Å². The molecule has 5 nitrogen and oxygen atoms in total. The molecule has 0 aromatic carbocycles. The summed E-state index contributed by atoms with van der Waals surface area (Å²) in [5.74, 6) is -0.256. The molecule has 0 saturated heterocycles. The number of nitrogens with zero attached hydrogens (tertiary/aromatic N) is 3. The van der Waals surface area contributed by atoms with Crippen molar-refractivity contribution < 1.29 is 35.8 Å². The van der Waals surface area contributed by atoms with Gasteiger partial charge in [0, 0.05) is 31.0 Å². The Balaban J connectivity index is 2.00. The van der Waals surface area contributed by atoms with E-state index in [0.29, 0.717) is 5.56 Å². The second-order valence-electron chi connectivity index (χ2n) is 5.41. The molecule has 2 rings (SSSR count). The van der Waals surface area contributed by atoms with Crippen molar-refractivity contribution in [1.82, 2.24) is 14.8 Å². The van der Waals surface area contributed by atoms with Crippen LogP contribution >= 0.6 is 11.8 Å². The van der Waals surface area contributed by atoms with E-state index >= 15 is 0 Å². The maximum absolute atomic E-state index is 12.7. The molecule has 0 radical (unpaired) electrons. The maximum Gasteiger partial charge on any atom is 0.441 e. The Morgan fingerprint density at radius 2 is 1.74 bits per heavy atom. The Morgan fingerprint density at radius 3 is 2.33 bits per heavy atom. The lowest BCUT2D eigenvalue weighted by Gasteiger charge is -2.10. The van der Waals surface area contributed by atoms with Gasteiger partial charge in [-0.3, -0.25) is 0 Å². The molecule has 0 aliphatic carbocycles. The van der Waals surface area contributed by atoms with Gasteiger partial charge < -0.3 is 9.47 Å². The van der Waals surface area contributed by atoms with E-state index < -0.39 is 17.4 Å². The zero-order valence-electron chi connectivity index (χ0n) is 14.2. The van der Waals surface area contributed by atoms with Gasteiger partial charge in [0.15, 0.2) is 5.69 Å². The summed E-state index contributed by atoms with van der Waals surface area (Å²) >= 11 is -0.144. The minimum atomic E-state index is -4.61.